The van der Waals surface area contributed by atoms with Crippen molar-refractivity contribution in [3.63, 3.8) is 0 Å². The van der Waals surface area contributed by atoms with Gasteiger partial charge in [0.25, 0.3) is 0 Å². The molecule has 1 fully saturated rings. The van der Waals surface area contributed by atoms with Gasteiger partial charge in [-0.3, -0.25) is 5.32 Å². The smallest absolute Gasteiger partial charge is 0.134 e. The lowest BCUT2D eigenvalue weighted by Crippen LogP contribution is -2.42. The highest BCUT2D eigenvalue weighted by atomic mass is 16.5. The predicted molar refractivity (Wildman–Crippen MR) is 84.8 cm³/mol. The fraction of sp³-hybridized carbons (Fsp3) is 0.611. The van der Waals surface area contributed by atoms with E-state index < -0.39 is 5.54 Å². The quantitative estimate of drug-likeness (QED) is 0.705. The second-order valence-electron chi connectivity index (χ2n) is 5.86. The Kier molecular flexibility index (Phi) is 6.22. The number of nitrogens with one attached hydrogen (secondary N) is 1. The third-order valence-corrected chi connectivity index (χ3v) is 4.45. The van der Waals surface area contributed by atoms with E-state index in [2.05, 4.69) is 11.4 Å². The highest BCUT2D eigenvalue weighted by molar-refractivity contribution is 5.31. The Labute approximate surface area is 128 Å². The van der Waals surface area contributed by atoms with Crippen LogP contribution in [0.15, 0.2) is 30.3 Å². The van der Waals surface area contributed by atoms with Gasteiger partial charge < -0.3 is 4.74 Å². The van der Waals surface area contributed by atoms with Crippen LogP contribution in [-0.4, -0.2) is 19.8 Å². The van der Waals surface area contributed by atoms with E-state index in [0.29, 0.717) is 13.0 Å². The van der Waals surface area contributed by atoms with Crippen LogP contribution in [-0.2, 0) is 10.3 Å². The SMILES string of the molecule is CCNC(C#N)(CCOCCC1CCC1)c1ccccc1. The second-order valence-corrected chi connectivity index (χ2v) is 5.86. The first kappa shape index (κ1) is 16.0. The number of benzene rings is 1. The van der Waals surface area contributed by atoms with Crippen LogP contribution in [0.2, 0.25) is 0 Å². The van der Waals surface area contributed by atoms with E-state index in [1.807, 2.05) is 37.3 Å². The normalized spacial score (nSPS) is 17.7. The van der Waals surface area contributed by atoms with E-state index in [0.717, 1.165) is 24.6 Å². The monoisotopic (exact) mass is 286 g/mol. The van der Waals surface area contributed by atoms with Crippen LogP contribution in [0.25, 0.3) is 0 Å². The summed E-state index contributed by atoms with van der Waals surface area (Å²) in [6, 6.07) is 12.4. The molecule has 21 heavy (non-hydrogen) atoms. The summed E-state index contributed by atoms with van der Waals surface area (Å²) < 4.78 is 5.77. The molecular weight excluding hydrogens is 260 g/mol. The molecule has 0 spiro atoms. The summed E-state index contributed by atoms with van der Waals surface area (Å²) in [5.74, 6) is 0.883. The highest BCUT2D eigenvalue weighted by Crippen LogP contribution is 2.29. The average molecular weight is 286 g/mol. The van der Waals surface area contributed by atoms with Crippen LogP contribution in [0.3, 0.4) is 0 Å². The third-order valence-electron chi connectivity index (χ3n) is 4.45. The van der Waals surface area contributed by atoms with Gasteiger partial charge in [-0.15, -0.1) is 0 Å². The van der Waals surface area contributed by atoms with Gasteiger partial charge in [0.05, 0.1) is 6.07 Å². The molecule has 1 saturated carbocycles. The van der Waals surface area contributed by atoms with Crippen LogP contribution < -0.4 is 5.32 Å². The Bertz CT molecular complexity index is 450. The summed E-state index contributed by atoms with van der Waals surface area (Å²) in [6.07, 6.45) is 5.98. The molecule has 3 nitrogen and oxygen atoms in total. The summed E-state index contributed by atoms with van der Waals surface area (Å²) in [6.45, 7) is 4.26. The van der Waals surface area contributed by atoms with Gasteiger partial charge in [0.15, 0.2) is 0 Å². The number of rotatable bonds is 9. The molecule has 0 saturated heterocycles. The molecule has 0 radical (unpaired) electrons. The molecule has 2 rings (SSSR count). The van der Waals surface area contributed by atoms with E-state index in [1.165, 1.54) is 25.7 Å². The van der Waals surface area contributed by atoms with Crippen LogP contribution >= 0.6 is 0 Å². The van der Waals surface area contributed by atoms with E-state index in [-0.39, 0.29) is 0 Å². The topological polar surface area (TPSA) is 45.0 Å². The molecule has 0 heterocycles. The lowest BCUT2D eigenvalue weighted by atomic mass is 9.83. The Hall–Kier alpha value is -1.37. The van der Waals surface area contributed by atoms with E-state index >= 15 is 0 Å². The second kappa shape index (κ2) is 8.17. The summed E-state index contributed by atoms with van der Waals surface area (Å²) in [5, 5.41) is 13.0. The molecule has 1 aliphatic carbocycles. The number of ether oxygens (including phenoxy) is 1. The fourth-order valence-corrected chi connectivity index (χ4v) is 2.88. The van der Waals surface area contributed by atoms with E-state index in [4.69, 9.17) is 4.74 Å². The largest absolute Gasteiger partial charge is 0.381 e. The zero-order chi connectivity index (χ0) is 15.0. The van der Waals surface area contributed by atoms with Gasteiger partial charge in [0.1, 0.15) is 5.54 Å². The fourth-order valence-electron chi connectivity index (χ4n) is 2.88. The molecule has 0 aromatic heterocycles. The minimum Gasteiger partial charge on any atom is -0.381 e. The molecule has 0 aliphatic heterocycles. The maximum Gasteiger partial charge on any atom is 0.134 e. The van der Waals surface area contributed by atoms with Crippen molar-refractivity contribution >= 4 is 0 Å². The van der Waals surface area contributed by atoms with Crippen molar-refractivity contribution < 1.29 is 4.74 Å². The van der Waals surface area contributed by atoms with Gasteiger partial charge in [0.2, 0.25) is 0 Å². The molecule has 1 atom stereocenters. The van der Waals surface area contributed by atoms with Gasteiger partial charge in [-0.2, -0.15) is 5.26 Å². The first-order valence-corrected chi connectivity index (χ1v) is 8.10. The minimum atomic E-state index is -0.632. The minimum absolute atomic E-state index is 0.627. The first-order valence-electron chi connectivity index (χ1n) is 8.10. The van der Waals surface area contributed by atoms with Crippen molar-refractivity contribution in [3.8, 4) is 6.07 Å². The lowest BCUT2D eigenvalue weighted by Gasteiger charge is -2.28. The summed E-state index contributed by atoms with van der Waals surface area (Å²) in [5.41, 5.74) is 0.392. The highest BCUT2D eigenvalue weighted by Gasteiger charge is 2.30. The summed E-state index contributed by atoms with van der Waals surface area (Å²) >= 11 is 0. The number of nitrogens with zero attached hydrogens (tertiary/aromatic N) is 1. The molecule has 114 valence electrons. The zero-order valence-corrected chi connectivity index (χ0v) is 13.0. The van der Waals surface area contributed by atoms with Crippen molar-refractivity contribution in [1.29, 1.82) is 5.26 Å². The van der Waals surface area contributed by atoms with Crippen LogP contribution in [0.1, 0.15) is 44.6 Å². The van der Waals surface area contributed by atoms with Crippen LogP contribution in [0.5, 0.6) is 0 Å². The molecule has 0 bridgehead atoms. The van der Waals surface area contributed by atoms with Crippen molar-refractivity contribution in [1.82, 2.24) is 5.32 Å². The summed E-state index contributed by atoms with van der Waals surface area (Å²) in [4.78, 5) is 0. The third kappa shape index (κ3) is 4.30. The maximum atomic E-state index is 9.68. The standard InChI is InChI=1S/C18H26N2O/c1-2-20-18(15-19,17-9-4-3-5-10-17)12-14-21-13-11-16-7-6-8-16/h3-5,9-10,16,20H,2,6-8,11-14H2,1H3. The first-order chi connectivity index (χ1) is 10.3. The molecule has 3 heteroatoms. The average Bonchev–Trinajstić information content (AvgIpc) is 2.48. The molecular formula is C18H26N2O. The Morgan fingerprint density at radius 2 is 2.05 bits per heavy atom. The van der Waals surface area contributed by atoms with E-state index in [9.17, 15) is 5.26 Å². The van der Waals surface area contributed by atoms with Gasteiger partial charge in [-0.1, -0.05) is 56.5 Å². The molecule has 1 unspecified atom stereocenters. The number of hydrogen-bond acceptors (Lipinski definition) is 3. The van der Waals surface area contributed by atoms with Gasteiger partial charge in [-0.05, 0) is 24.4 Å². The van der Waals surface area contributed by atoms with Crippen molar-refractivity contribution in [2.24, 2.45) is 5.92 Å². The van der Waals surface area contributed by atoms with Gasteiger partial charge in [-0.25, -0.2) is 0 Å². The number of hydrogen-bond donors (Lipinski definition) is 1. The predicted octanol–water partition coefficient (Wildman–Crippen LogP) is 3.61. The molecule has 1 aromatic rings. The number of nitriles is 1. The Balaban J connectivity index is 1.85. The van der Waals surface area contributed by atoms with Crippen LogP contribution in [0, 0.1) is 17.2 Å². The molecule has 1 aromatic carbocycles. The zero-order valence-electron chi connectivity index (χ0n) is 13.0. The molecule has 1 aliphatic rings. The van der Waals surface area contributed by atoms with E-state index in [1.54, 1.807) is 0 Å². The lowest BCUT2D eigenvalue weighted by molar-refractivity contribution is 0.0928. The summed E-state index contributed by atoms with van der Waals surface area (Å²) in [7, 11) is 0. The Morgan fingerprint density at radius 3 is 2.62 bits per heavy atom. The van der Waals surface area contributed by atoms with Crippen molar-refractivity contribution in [2.75, 3.05) is 19.8 Å². The molecule has 0 amide bonds. The Morgan fingerprint density at radius 1 is 1.29 bits per heavy atom. The van der Waals surface area contributed by atoms with Crippen molar-refractivity contribution in [3.05, 3.63) is 35.9 Å². The van der Waals surface area contributed by atoms with Crippen LogP contribution in [0.4, 0.5) is 0 Å². The van der Waals surface area contributed by atoms with Gasteiger partial charge >= 0.3 is 0 Å². The maximum absolute atomic E-state index is 9.68. The van der Waals surface area contributed by atoms with Gasteiger partial charge in [0, 0.05) is 19.6 Å². The van der Waals surface area contributed by atoms with Crippen molar-refractivity contribution in [2.45, 2.75) is 44.6 Å². The molecule has 1 N–H and O–H groups in total.